The Hall–Kier alpha value is -2.56. The predicted molar refractivity (Wildman–Crippen MR) is 81.7 cm³/mol. The number of hydrogen-bond donors (Lipinski definition) is 3. The third-order valence-corrected chi connectivity index (χ3v) is 3.24. The van der Waals surface area contributed by atoms with Crippen LogP contribution in [0.25, 0.3) is 11.2 Å². The van der Waals surface area contributed by atoms with Crippen LogP contribution in [-0.2, 0) is 6.42 Å². The second-order valence-corrected chi connectivity index (χ2v) is 4.78. The van der Waals surface area contributed by atoms with Crippen molar-refractivity contribution in [3.8, 4) is 0 Å². The number of nitrogens with one attached hydrogen (secondary N) is 2. The van der Waals surface area contributed by atoms with Crippen LogP contribution in [0.2, 0.25) is 0 Å². The minimum Gasteiger partial charge on any atom is -0.384 e. The molecule has 3 rings (SSSR count). The zero-order chi connectivity index (χ0) is 13.9. The van der Waals surface area contributed by atoms with Gasteiger partial charge < -0.3 is 16.0 Å². The largest absolute Gasteiger partial charge is 0.384 e. The molecule has 0 saturated heterocycles. The standard InChI is InChI=1S/C15H17N5/c1-10-4-2-3-5-11(10)17-9-8-14-18-12-6-7-13(16)19-15(12)20-14/h2-7,17H,8-9H2,1H3,(H3,16,18,19,20). The average Bonchev–Trinajstić information content (AvgIpc) is 2.83. The van der Waals surface area contributed by atoms with Crippen molar-refractivity contribution in [3.63, 3.8) is 0 Å². The quantitative estimate of drug-likeness (QED) is 0.678. The van der Waals surface area contributed by atoms with Gasteiger partial charge in [-0.3, -0.25) is 0 Å². The monoisotopic (exact) mass is 267 g/mol. The van der Waals surface area contributed by atoms with Crippen molar-refractivity contribution >= 4 is 22.7 Å². The van der Waals surface area contributed by atoms with E-state index in [0.29, 0.717) is 11.5 Å². The van der Waals surface area contributed by atoms with Crippen molar-refractivity contribution in [2.24, 2.45) is 0 Å². The van der Waals surface area contributed by atoms with E-state index in [2.05, 4.69) is 39.3 Å². The Labute approximate surface area is 117 Å². The van der Waals surface area contributed by atoms with E-state index < -0.39 is 0 Å². The fourth-order valence-electron chi connectivity index (χ4n) is 2.16. The minimum atomic E-state index is 0.494. The number of H-pyrrole nitrogens is 1. The lowest BCUT2D eigenvalue weighted by molar-refractivity contribution is 0.932. The molecule has 0 amide bonds. The smallest absolute Gasteiger partial charge is 0.179 e. The molecule has 1 aromatic carbocycles. The molecule has 0 aliphatic rings. The highest BCUT2D eigenvalue weighted by atomic mass is 15.0. The Kier molecular flexibility index (Phi) is 3.25. The highest BCUT2D eigenvalue weighted by Crippen LogP contribution is 2.14. The number of aryl methyl sites for hydroxylation is 1. The summed E-state index contributed by atoms with van der Waals surface area (Å²) < 4.78 is 0. The number of aromatic amines is 1. The molecule has 0 aliphatic carbocycles. The summed E-state index contributed by atoms with van der Waals surface area (Å²) in [4.78, 5) is 11.9. The van der Waals surface area contributed by atoms with Crippen molar-refractivity contribution in [1.29, 1.82) is 0 Å². The summed E-state index contributed by atoms with van der Waals surface area (Å²) >= 11 is 0. The summed E-state index contributed by atoms with van der Waals surface area (Å²) in [5.41, 5.74) is 9.65. The minimum absolute atomic E-state index is 0.494. The lowest BCUT2D eigenvalue weighted by atomic mass is 10.2. The zero-order valence-corrected chi connectivity index (χ0v) is 11.4. The van der Waals surface area contributed by atoms with Crippen LogP contribution in [0.15, 0.2) is 36.4 Å². The summed E-state index contributed by atoms with van der Waals surface area (Å²) in [6.07, 6.45) is 0.810. The number of aromatic nitrogens is 3. The van der Waals surface area contributed by atoms with Crippen LogP contribution < -0.4 is 11.1 Å². The molecular weight excluding hydrogens is 250 g/mol. The zero-order valence-electron chi connectivity index (χ0n) is 11.4. The third kappa shape index (κ3) is 2.56. The lowest BCUT2D eigenvalue weighted by Gasteiger charge is -2.07. The van der Waals surface area contributed by atoms with Gasteiger partial charge >= 0.3 is 0 Å². The molecule has 0 radical (unpaired) electrons. The first kappa shape index (κ1) is 12.5. The van der Waals surface area contributed by atoms with Crippen molar-refractivity contribution in [2.45, 2.75) is 13.3 Å². The van der Waals surface area contributed by atoms with Crippen LogP contribution in [0.5, 0.6) is 0 Å². The number of imidazole rings is 1. The van der Waals surface area contributed by atoms with Gasteiger partial charge in [0.2, 0.25) is 0 Å². The van der Waals surface area contributed by atoms with Crippen LogP contribution in [0.1, 0.15) is 11.4 Å². The van der Waals surface area contributed by atoms with E-state index >= 15 is 0 Å². The molecule has 0 saturated carbocycles. The average molecular weight is 267 g/mol. The number of hydrogen-bond acceptors (Lipinski definition) is 4. The van der Waals surface area contributed by atoms with E-state index in [0.717, 1.165) is 30.0 Å². The van der Waals surface area contributed by atoms with E-state index in [9.17, 15) is 0 Å². The summed E-state index contributed by atoms with van der Waals surface area (Å²) in [6, 6.07) is 11.9. The molecule has 2 heterocycles. The van der Waals surface area contributed by atoms with E-state index in [1.165, 1.54) is 5.56 Å². The molecule has 0 atom stereocenters. The second-order valence-electron chi connectivity index (χ2n) is 4.78. The summed E-state index contributed by atoms with van der Waals surface area (Å²) in [6.45, 7) is 2.91. The maximum Gasteiger partial charge on any atom is 0.179 e. The Morgan fingerprint density at radius 3 is 2.85 bits per heavy atom. The Balaban J connectivity index is 1.67. The van der Waals surface area contributed by atoms with E-state index in [-0.39, 0.29) is 0 Å². The molecule has 20 heavy (non-hydrogen) atoms. The number of para-hydroxylation sites is 1. The highest BCUT2D eigenvalue weighted by Gasteiger charge is 2.04. The number of benzene rings is 1. The van der Waals surface area contributed by atoms with Gasteiger partial charge in [-0.2, -0.15) is 0 Å². The van der Waals surface area contributed by atoms with Gasteiger partial charge in [0.15, 0.2) is 5.65 Å². The van der Waals surface area contributed by atoms with Crippen molar-refractivity contribution < 1.29 is 0 Å². The van der Waals surface area contributed by atoms with Crippen LogP contribution in [0.4, 0.5) is 11.5 Å². The number of pyridine rings is 1. The number of anilines is 2. The Morgan fingerprint density at radius 1 is 1.15 bits per heavy atom. The molecule has 102 valence electrons. The van der Waals surface area contributed by atoms with Crippen molar-refractivity contribution in [3.05, 3.63) is 47.8 Å². The summed E-state index contributed by atoms with van der Waals surface area (Å²) in [5, 5.41) is 3.41. The van der Waals surface area contributed by atoms with Crippen LogP contribution >= 0.6 is 0 Å². The molecule has 3 aromatic rings. The van der Waals surface area contributed by atoms with Crippen molar-refractivity contribution in [2.75, 3.05) is 17.6 Å². The molecule has 0 spiro atoms. The van der Waals surface area contributed by atoms with Crippen molar-refractivity contribution in [1.82, 2.24) is 15.0 Å². The van der Waals surface area contributed by atoms with Gasteiger partial charge in [-0.25, -0.2) is 9.97 Å². The van der Waals surface area contributed by atoms with E-state index in [1.54, 1.807) is 6.07 Å². The highest BCUT2D eigenvalue weighted by molar-refractivity contribution is 5.72. The third-order valence-electron chi connectivity index (χ3n) is 3.24. The fraction of sp³-hybridized carbons (Fsp3) is 0.200. The van der Waals surface area contributed by atoms with Gasteiger partial charge in [0.25, 0.3) is 0 Å². The maximum absolute atomic E-state index is 5.65. The number of nitrogens with zero attached hydrogens (tertiary/aromatic N) is 2. The van der Waals surface area contributed by atoms with E-state index in [4.69, 9.17) is 5.73 Å². The van der Waals surface area contributed by atoms with Gasteiger partial charge in [0, 0.05) is 18.7 Å². The first-order valence-corrected chi connectivity index (χ1v) is 6.63. The van der Waals surface area contributed by atoms with Crippen LogP contribution in [0.3, 0.4) is 0 Å². The molecule has 0 aliphatic heterocycles. The van der Waals surface area contributed by atoms with Crippen LogP contribution in [0, 0.1) is 6.92 Å². The number of nitrogens with two attached hydrogens (primary N) is 1. The first-order valence-electron chi connectivity index (χ1n) is 6.63. The molecule has 0 fully saturated rings. The molecule has 0 bridgehead atoms. The first-order chi connectivity index (χ1) is 9.72. The topological polar surface area (TPSA) is 79.6 Å². The van der Waals surface area contributed by atoms with Gasteiger partial charge in [-0.1, -0.05) is 18.2 Å². The molecule has 2 aromatic heterocycles. The van der Waals surface area contributed by atoms with Gasteiger partial charge in [0.05, 0.1) is 5.52 Å². The molecule has 4 N–H and O–H groups in total. The molecule has 0 unspecified atom stereocenters. The van der Waals surface area contributed by atoms with E-state index in [1.807, 2.05) is 18.2 Å². The normalized spacial score (nSPS) is 10.8. The second kappa shape index (κ2) is 5.21. The number of rotatable bonds is 4. The Bertz CT molecular complexity index is 732. The fourth-order valence-corrected chi connectivity index (χ4v) is 2.16. The maximum atomic E-state index is 5.65. The number of fused-ring (bicyclic) bond motifs is 1. The van der Waals surface area contributed by atoms with Gasteiger partial charge in [-0.05, 0) is 30.7 Å². The van der Waals surface area contributed by atoms with Crippen LogP contribution in [-0.4, -0.2) is 21.5 Å². The number of nitrogen functional groups attached to an aromatic ring is 1. The summed E-state index contributed by atoms with van der Waals surface area (Å²) in [7, 11) is 0. The van der Waals surface area contributed by atoms with Gasteiger partial charge in [0.1, 0.15) is 11.6 Å². The van der Waals surface area contributed by atoms with Gasteiger partial charge in [-0.15, -0.1) is 0 Å². The Morgan fingerprint density at radius 2 is 2.00 bits per heavy atom. The lowest BCUT2D eigenvalue weighted by Crippen LogP contribution is -2.06. The molecule has 5 nitrogen and oxygen atoms in total. The SMILES string of the molecule is Cc1ccccc1NCCc1nc2nc(N)ccc2[nH]1. The summed E-state index contributed by atoms with van der Waals surface area (Å²) in [5.74, 6) is 1.41. The predicted octanol–water partition coefficient (Wildman–Crippen LogP) is 2.50. The molecular formula is C15H17N5. The molecule has 5 heteroatoms.